The van der Waals surface area contributed by atoms with E-state index in [0.29, 0.717) is 0 Å². The molecule has 0 saturated carbocycles. The second-order valence-corrected chi connectivity index (χ2v) is 4.00. The molecule has 0 saturated heterocycles. The first kappa shape index (κ1) is 11.8. The predicted molar refractivity (Wildman–Crippen MR) is 68.3 cm³/mol. The Balaban J connectivity index is 1.76. The van der Waals surface area contributed by atoms with Crippen LogP contribution in [-0.4, -0.2) is 6.54 Å². The van der Waals surface area contributed by atoms with Gasteiger partial charge in [-0.15, -0.1) is 0 Å². The van der Waals surface area contributed by atoms with Crippen LogP contribution in [0.3, 0.4) is 0 Å². The van der Waals surface area contributed by atoms with Crippen molar-refractivity contribution >= 4 is 0 Å². The Morgan fingerprint density at radius 2 is 1.59 bits per heavy atom. The Labute approximate surface area is 101 Å². The van der Waals surface area contributed by atoms with Crippen LogP contribution in [0.1, 0.15) is 11.1 Å². The van der Waals surface area contributed by atoms with Gasteiger partial charge in [-0.25, -0.2) is 4.39 Å². The fourth-order valence-corrected chi connectivity index (χ4v) is 1.75. The molecule has 88 valence electrons. The van der Waals surface area contributed by atoms with Crippen molar-refractivity contribution in [2.24, 2.45) is 0 Å². The molecule has 0 aliphatic carbocycles. The molecular formula is C15H16FN. The van der Waals surface area contributed by atoms with Crippen LogP contribution in [0.5, 0.6) is 0 Å². The number of hydrogen-bond donors (Lipinski definition) is 1. The molecule has 0 unspecified atom stereocenters. The minimum Gasteiger partial charge on any atom is -0.312 e. The minimum absolute atomic E-state index is 0.117. The zero-order valence-electron chi connectivity index (χ0n) is 9.70. The van der Waals surface area contributed by atoms with Gasteiger partial charge in [-0.1, -0.05) is 48.5 Å². The van der Waals surface area contributed by atoms with Gasteiger partial charge in [-0.05, 0) is 30.2 Å². The predicted octanol–water partition coefficient (Wildman–Crippen LogP) is 3.16. The second-order valence-electron chi connectivity index (χ2n) is 4.00. The summed E-state index contributed by atoms with van der Waals surface area (Å²) in [4.78, 5) is 0. The van der Waals surface area contributed by atoms with Crippen molar-refractivity contribution in [1.82, 2.24) is 5.32 Å². The van der Waals surface area contributed by atoms with E-state index in [1.165, 1.54) is 11.6 Å². The summed E-state index contributed by atoms with van der Waals surface area (Å²) in [5, 5.41) is 3.31. The first-order valence-electron chi connectivity index (χ1n) is 5.84. The highest BCUT2D eigenvalue weighted by Crippen LogP contribution is 2.06. The molecule has 0 aliphatic rings. The van der Waals surface area contributed by atoms with E-state index in [1.807, 2.05) is 30.3 Å². The van der Waals surface area contributed by atoms with E-state index in [2.05, 4.69) is 17.4 Å². The van der Waals surface area contributed by atoms with E-state index in [1.54, 1.807) is 6.07 Å². The number of nitrogens with one attached hydrogen (secondary N) is 1. The largest absolute Gasteiger partial charge is 0.312 e. The summed E-state index contributed by atoms with van der Waals surface area (Å²) in [6, 6.07) is 17.1. The number of hydrogen-bond acceptors (Lipinski definition) is 1. The number of halogens is 1. The van der Waals surface area contributed by atoms with Crippen molar-refractivity contribution in [2.45, 2.75) is 13.0 Å². The molecule has 0 atom stereocenters. The van der Waals surface area contributed by atoms with Crippen molar-refractivity contribution in [3.05, 3.63) is 71.5 Å². The molecule has 1 nitrogen and oxygen atoms in total. The molecule has 1 N–H and O–H groups in total. The van der Waals surface area contributed by atoms with Gasteiger partial charge in [0.05, 0.1) is 0 Å². The van der Waals surface area contributed by atoms with E-state index in [9.17, 15) is 4.39 Å². The molecule has 17 heavy (non-hydrogen) atoms. The summed E-state index contributed by atoms with van der Waals surface area (Å²) >= 11 is 0. The van der Waals surface area contributed by atoms with Gasteiger partial charge in [-0.3, -0.25) is 0 Å². The van der Waals surface area contributed by atoms with Crippen LogP contribution in [0.15, 0.2) is 54.6 Å². The summed E-state index contributed by atoms with van der Waals surface area (Å²) < 4.78 is 13.3. The first-order chi connectivity index (χ1) is 8.36. The van der Waals surface area contributed by atoms with Gasteiger partial charge in [0.1, 0.15) is 5.82 Å². The van der Waals surface area contributed by atoms with Gasteiger partial charge in [0.2, 0.25) is 0 Å². The molecule has 0 bridgehead atoms. The maximum Gasteiger partial charge on any atom is 0.126 e. The van der Waals surface area contributed by atoms with Gasteiger partial charge < -0.3 is 5.32 Å². The third-order valence-electron chi connectivity index (χ3n) is 2.70. The third-order valence-corrected chi connectivity index (χ3v) is 2.70. The Morgan fingerprint density at radius 3 is 2.35 bits per heavy atom. The van der Waals surface area contributed by atoms with Crippen LogP contribution in [0.4, 0.5) is 4.39 Å². The number of rotatable bonds is 5. The maximum absolute atomic E-state index is 13.3. The van der Waals surface area contributed by atoms with Crippen LogP contribution in [0, 0.1) is 5.82 Å². The monoisotopic (exact) mass is 229 g/mol. The standard InChI is InChI=1S/C15H16FN/c16-15-9-5-4-8-14(15)10-11-17-12-13-6-2-1-3-7-13/h1-9,17H,10-12H2. The van der Waals surface area contributed by atoms with Crippen LogP contribution in [-0.2, 0) is 13.0 Å². The molecule has 0 amide bonds. The fourth-order valence-electron chi connectivity index (χ4n) is 1.75. The van der Waals surface area contributed by atoms with Gasteiger partial charge in [0.25, 0.3) is 0 Å². The lowest BCUT2D eigenvalue weighted by Gasteiger charge is -2.05. The quantitative estimate of drug-likeness (QED) is 0.777. The Hall–Kier alpha value is -1.67. The molecular weight excluding hydrogens is 213 g/mol. The smallest absolute Gasteiger partial charge is 0.126 e. The van der Waals surface area contributed by atoms with Gasteiger partial charge >= 0.3 is 0 Å². The van der Waals surface area contributed by atoms with Crippen molar-refractivity contribution in [3.8, 4) is 0 Å². The molecule has 2 aromatic carbocycles. The van der Waals surface area contributed by atoms with E-state index in [4.69, 9.17) is 0 Å². The van der Waals surface area contributed by atoms with Crippen LogP contribution < -0.4 is 5.32 Å². The fraction of sp³-hybridized carbons (Fsp3) is 0.200. The van der Waals surface area contributed by atoms with E-state index < -0.39 is 0 Å². The molecule has 2 aromatic rings. The Bertz CT molecular complexity index is 453. The molecule has 0 aromatic heterocycles. The first-order valence-corrected chi connectivity index (χ1v) is 5.84. The van der Waals surface area contributed by atoms with Crippen LogP contribution in [0.25, 0.3) is 0 Å². The molecule has 0 aliphatic heterocycles. The van der Waals surface area contributed by atoms with Crippen molar-refractivity contribution in [1.29, 1.82) is 0 Å². The zero-order chi connectivity index (χ0) is 11.9. The maximum atomic E-state index is 13.3. The highest BCUT2D eigenvalue weighted by molar-refractivity contribution is 5.18. The molecule has 2 heteroatoms. The lowest BCUT2D eigenvalue weighted by atomic mass is 10.1. The van der Waals surface area contributed by atoms with Gasteiger partial charge in [0, 0.05) is 6.54 Å². The van der Waals surface area contributed by atoms with Crippen LogP contribution >= 0.6 is 0 Å². The van der Waals surface area contributed by atoms with Crippen LogP contribution in [0.2, 0.25) is 0 Å². The van der Waals surface area contributed by atoms with E-state index >= 15 is 0 Å². The van der Waals surface area contributed by atoms with E-state index in [-0.39, 0.29) is 5.82 Å². The van der Waals surface area contributed by atoms with Gasteiger partial charge in [0.15, 0.2) is 0 Å². The summed E-state index contributed by atoms with van der Waals surface area (Å²) in [6.45, 7) is 1.62. The van der Waals surface area contributed by atoms with Crippen molar-refractivity contribution in [2.75, 3.05) is 6.54 Å². The Kier molecular flexibility index (Phi) is 4.28. The molecule has 0 spiro atoms. The average Bonchev–Trinajstić information content (AvgIpc) is 2.38. The lowest BCUT2D eigenvalue weighted by Crippen LogP contribution is -2.17. The highest BCUT2D eigenvalue weighted by atomic mass is 19.1. The Morgan fingerprint density at radius 1 is 0.882 bits per heavy atom. The molecule has 0 heterocycles. The SMILES string of the molecule is Fc1ccccc1CCNCc1ccccc1. The zero-order valence-corrected chi connectivity index (χ0v) is 9.70. The normalized spacial score (nSPS) is 10.4. The molecule has 0 radical (unpaired) electrons. The summed E-state index contributed by atoms with van der Waals surface area (Å²) in [6.07, 6.45) is 0.722. The summed E-state index contributed by atoms with van der Waals surface area (Å²) in [7, 11) is 0. The van der Waals surface area contributed by atoms with Gasteiger partial charge in [-0.2, -0.15) is 0 Å². The van der Waals surface area contributed by atoms with Crippen molar-refractivity contribution < 1.29 is 4.39 Å². The summed E-state index contributed by atoms with van der Waals surface area (Å²) in [5.41, 5.74) is 2.02. The molecule has 0 fully saturated rings. The minimum atomic E-state index is -0.117. The second kappa shape index (κ2) is 6.16. The lowest BCUT2D eigenvalue weighted by molar-refractivity contribution is 0.598. The average molecular weight is 229 g/mol. The molecule has 2 rings (SSSR count). The highest BCUT2D eigenvalue weighted by Gasteiger charge is 1.99. The van der Waals surface area contributed by atoms with Crippen molar-refractivity contribution in [3.63, 3.8) is 0 Å². The summed E-state index contributed by atoms with van der Waals surface area (Å²) in [5.74, 6) is -0.117. The number of benzene rings is 2. The topological polar surface area (TPSA) is 12.0 Å². The third kappa shape index (κ3) is 3.68. The van der Waals surface area contributed by atoms with E-state index in [0.717, 1.165) is 25.1 Å².